The molecular weight excluding hydrogens is 474 g/mol. The average molecular weight is 506 g/mol. The van der Waals surface area contributed by atoms with Crippen molar-refractivity contribution in [1.29, 1.82) is 0 Å². The molecule has 8 nitrogen and oxygen atoms in total. The van der Waals surface area contributed by atoms with Gasteiger partial charge in [-0.2, -0.15) is 15.3 Å². The van der Waals surface area contributed by atoms with E-state index in [0.717, 1.165) is 55.8 Å². The van der Waals surface area contributed by atoms with Gasteiger partial charge in [0, 0.05) is 47.0 Å². The molecule has 0 fully saturated rings. The number of benzene rings is 2. The summed E-state index contributed by atoms with van der Waals surface area (Å²) in [6.07, 6.45) is 3.36. The number of pyridine rings is 1. The fraction of sp³-hybridized carbons (Fsp3) is 0.267. The van der Waals surface area contributed by atoms with E-state index in [-0.39, 0.29) is 5.92 Å². The molecule has 0 unspecified atom stereocenters. The summed E-state index contributed by atoms with van der Waals surface area (Å²) in [6, 6.07) is 17.9. The van der Waals surface area contributed by atoms with Gasteiger partial charge < -0.3 is 5.11 Å². The molecule has 38 heavy (non-hydrogen) atoms. The Morgan fingerprint density at radius 2 is 1.71 bits per heavy atom. The van der Waals surface area contributed by atoms with E-state index in [4.69, 9.17) is 15.2 Å². The van der Waals surface area contributed by atoms with Gasteiger partial charge in [0.2, 0.25) is 0 Å². The number of rotatable bonds is 6. The molecule has 2 aromatic carbocycles. The molecule has 6 rings (SSSR count). The number of aryl methyl sites for hydroxylation is 2. The van der Waals surface area contributed by atoms with E-state index in [0.29, 0.717) is 6.54 Å². The lowest BCUT2D eigenvalue weighted by Crippen LogP contribution is -2.08. The van der Waals surface area contributed by atoms with Crippen LogP contribution < -0.4 is 0 Å². The van der Waals surface area contributed by atoms with Crippen LogP contribution in [0.2, 0.25) is 0 Å². The second-order valence-electron chi connectivity index (χ2n) is 10.2. The van der Waals surface area contributed by atoms with Crippen LogP contribution in [0, 0.1) is 13.8 Å². The van der Waals surface area contributed by atoms with E-state index in [9.17, 15) is 5.11 Å². The van der Waals surface area contributed by atoms with Crippen LogP contribution in [0.4, 0.5) is 0 Å². The summed E-state index contributed by atoms with van der Waals surface area (Å²) >= 11 is 0. The minimum atomic E-state index is -0.639. The summed E-state index contributed by atoms with van der Waals surface area (Å²) in [4.78, 5) is 4.75. The first kappa shape index (κ1) is 24.1. The molecule has 0 amide bonds. The standard InChI is InChI=1S/C30H31N7O/c1-18(2)28-20(4)37(26-14-22-15-35(5)34-30(22)31-19(26)3)33-29(28)23-12-9-13-25-24(23)16-36(32-25)17-27(38)21-10-7-6-8-11-21/h6-16,18,27,38H,17H2,1-5H3/t27-/m0/s1. The smallest absolute Gasteiger partial charge is 0.181 e. The maximum absolute atomic E-state index is 10.8. The van der Waals surface area contributed by atoms with Gasteiger partial charge in [-0.15, -0.1) is 0 Å². The van der Waals surface area contributed by atoms with Crippen molar-refractivity contribution in [1.82, 2.24) is 34.3 Å². The number of aromatic nitrogens is 7. The van der Waals surface area contributed by atoms with Crippen molar-refractivity contribution in [3.63, 3.8) is 0 Å². The summed E-state index contributed by atoms with van der Waals surface area (Å²) in [5.41, 5.74) is 8.57. The largest absolute Gasteiger partial charge is 0.386 e. The lowest BCUT2D eigenvalue weighted by Gasteiger charge is -2.10. The Kier molecular flexibility index (Phi) is 5.84. The molecule has 192 valence electrons. The van der Waals surface area contributed by atoms with E-state index >= 15 is 0 Å². The molecular formula is C30H31N7O. The molecule has 0 saturated heterocycles. The molecule has 4 aromatic heterocycles. The summed E-state index contributed by atoms with van der Waals surface area (Å²) in [5.74, 6) is 0.263. The monoisotopic (exact) mass is 505 g/mol. The number of aliphatic hydroxyl groups excluding tert-OH is 1. The minimum Gasteiger partial charge on any atom is -0.386 e. The van der Waals surface area contributed by atoms with Crippen molar-refractivity contribution in [2.24, 2.45) is 7.05 Å². The van der Waals surface area contributed by atoms with Crippen LogP contribution in [0.3, 0.4) is 0 Å². The SMILES string of the molecule is Cc1nc2nn(C)cc2cc1-n1nc(-c2cccc3nn(C[C@H](O)c4ccccc4)cc23)c(C(C)C)c1C. The van der Waals surface area contributed by atoms with Crippen LogP contribution in [-0.4, -0.2) is 39.4 Å². The molecule has 0 bridgehead atoms. The van der Waals surface area contributed by atoms with Crippen LogP contribution in [0.15, 0.2) is 67.0 Å². The fourth-order valence-electron chi connectivity index (χ4n) is 5.36. The Morgan fingerprint density at radius 3 is 2.47 bits per heavy atom. The molecule has 0 saturated carbocycles. The average Bonchev–Trinajstić information content (AvgIpc) is 3.57. The Hall–Kier alpha value is -4.30. The topological polar surface area (TPSA) is 86.6 Å². The second kappa shape index (κ2) is 9.22. The van der Waals surface area contributed by atoms with Crippen LogP contribution in [0.1, 0.15) is 48.4 Å². The Labute approximate surface area is 221 Å². The summed E-state index contributed by atoms with van der Waals surface area (Å²) in [7, 11) is 1.91. The number of fused-ring (bicyclic) bond motifs is 2. The highest BCUT2D eigenvalue weighted by Gasteiger charge is 2.23. The summed E-state index contributed by atoms with van der Waals surface area (Å²) < 4.78 is 5.63. The van der Waals surface area contributed by atoms with Crippen LogP contribution >= 0.6 is 0 Å². The quantitative estimate of drug-likeness (QED) is 0.316. The van der Waals surface area contributed by atoms with Crippen molar-refractivity contribution in [2.45, 2.75) is 46.3 Å². The Morgan fingerprint density at radius 1 is 0.921 bits per heavy atom. The van der Waals surface area contributed by atoms with E-state index in [2.05, 4.69) is 38.0 Å². The van der Waals surface area contributed by atoms with Gasteiger partial charge in [0.05, 0.1) is 35.2 Å². The van der Waals surface area contributed by atoms with Gasteiger partial charge in [0.25, 0.3) is 0 Å². The normalized spacial score (nSPS) is 12.7. The van der Waals surface area contributed by atoms with Gasteiger partial charge in [0.15, 0.2) is 5.65 Å². The molecule has 6 aromatic rings. The zero-order chi connectivity index (χ0) is 26.6. The summed E-state index contributed by atoms with van der Waals surface area (Å²) in [5, 5.41) is 27.2. The molecule has 0 aliphatic carbocycles. The van der Waals surface area contributed by atoms with E-state index in [1.807, 2.05) is 78.2 Å². The van der Waals surface area contributed by atoms with Gasteiger partial charge >= 0.3 is 0 Å². The minimum absolute atomic E-state index is 0.263. The molecule has 1 atom stereocenters. The van der Waals surface area contributed by atoms with Crippen molar-refractivity contribution in [2.75, 3.05) is 0 Å². The third-order valence-electron chi connectivity index (χ3n) is 7.14. The van der Waals surface area contributed by atoms with Crippen molar-refractivity contribution in [3.05, 3.63) is 89.5 Å². The van der Waals surface area contributed by atoms with Gasteiger partial charge in [-0.3, -0.25) is 9.36 Å². The maximum atomic E-state index is 10.8. The lowest BCUT2D eigenvalue weighted by molar-refractivity contribution is 0.152. The number of hydrogen-bond donors (Lipinski definition) is 1. The maximum Gasteiger partial charge on any atom is 0.181 e. The zero-order valence-corrected chi connectivity index (χ0v) is 22.3. The number of nitrogens with zero attached hydrogens (tertiary/aromatic N) is 7. The van der Waals surface area contributed by atoms with Crippen LogP contribution in [-0.2, 0) is 13.6 Å². The molecule has 8 heteroatoms. The molecule has 0 spiro atoms. The van der Waals surface area contributed by atoms with Crippen molar-refractivity contribution < 1.29 is 5.11 Å². The molecule has 4 heterocycles. The second-order valence-corrected chi connectivity index (χ2v) is 10.2. The third-order valence-corrected chi connectivity index (χ3v) is 7.14. The van der Waals surface area contributed by atoms with Gasteiger partial charge in [-0.1, -0.05) is 56.3 Å². The summed E-state index contributed by atoms with van der Waals surface area (Å²) in [6.45, 7) is 8.90. The molecule has 0 aliphatic heterocycles. The predicted molar refractivity (Wildman–Crippen MR) is 149 cm³/mol. The predicted octanol–water partition coefficient (Wildman–Crippen LogP) is 5.64. The zero-order valence-electron chi connectivity index (χ0n) is 22.3. The Bertz CT molecular complexity index is 1780. The van der Waals surface area contributed by atoms with Gasteiger partial charge in [0.1, 0.15) is 0 Å². The first-order chi connectivity index (χ1) is 18.3. The first-order valence-corrected chi connectivity index (χ1v) is 12.9. The van der Waals surface area contributed by atoms with Crippen LogP contribution in [0.5, 0.6) is 0 Å². The van der Waals surface area contributed by atoms with Crippen molar-refractivity contribution >= 4 is 21.9 Å². The lowest BCUT2D eigenvalue weighted by atomic mass is 9.95. The van der Waals surface area contributed by atoms with E-state index in [1.54, 1.807) is 4.68 Å². The van der Waals surface area contributed by atoms with Gasteiger partial charge in [-0.25, -0.2) is 9.67 Å². The fourth-order valence-corrected chi connectivity index (χ4v) is 5.36. The number of aliphatic hydroxyl groups is 1. The highest BCUT2D eigenvalue weighted by atomic mass is 16.3. The highest BCUT2D eigenvalue weighted by molar-refractivity contribution is 5.94. The highest BCUT2D eigenvalue weighted by Crippen LogP contribution is 2.37. The molecule has 1 N–H and O–H groups in total. The molecule has 0 radical (unpaired) electrons. The Balaban J connectivity index is 1.46. The van der Waals surface area contributed by atoms with Crippen LogP contribution in [0.25, 0.3) is 38.9 Å². The molecule has 0 aliphatic rings. The first-order valence-electron chi connectivity index (χ1n) is 12.9. The number of hydrogen-bond acceptors (Lipinski definition) is 5. The van der Waals surface area contributed by atoms with Crippen molar-refractivity contribution in [3.8, 4) is 16.9 Å². The third kappa shape index (κ3) is 4.07. The van der Waals surface area contributed by atoms with Gasteiger partial charge in [-0.05, 0) is 37.5 Å². The van der Waals surface area contributed by atoms with E-state index in [1.165, 1.54) is 5.56 Å². The van der Waals surface area contributed by atoms with E-state index < -0.39 is 6.10 Å².